The Morgan fingerprint density at radius 1 is 1.00 bits per heavy atom. The molecule has 3 aromatic rings. The molecule has 1 aliphatic heterocycles. The number of benzene rings is 3. The lowest BCUT2D eigenvalue weighted by Crippen LogP contribution is -2.19. The molecule has 0 radical (unpaired) electrons. The van der Waals surface area contributed by atoms with E-state index in [-0.39, 0.29) is 17.4 Å². The van der Waals surface area contributed by atoms with Gasteiger partial charge in [-0.3, -0.25) is 14.9 Å². The third kappa shape index (κ3) is 5.90. The van der Waals surface area contributed by atoms with Crippen LogP contribution in [-0.4, -0.2) is 38.6 Å². The van der Waals surface area contributed by atoms with Gasteiger partial charge in [0.1, 0.15) is 5.75 Å². The topological polar surface area (TPSA) is 146 Å². The molecule has 0 bridgehead atoms. The minimum atomic E-state index is -4.54. The molecule has 1 N–H and O–H groups in total. The van der Waals surface area contributed by atoms with E-state index in [0.717, 1.165) is 23.9 Å². The van der Waals surface area contributed by atoms with Gasteiger partial charge in [0.25, 0.3) is 11.6 Å². The molecule has 1 amide bonds. The maximum atomic E-state index is 12.8. The van der Waals surface area contributed by atoms with Crippen molar-refractivity contribution in [2.75, 3.05) is 14.2 Å². The van der Waals surface area contributed by atoms with Gasteiger partial charge in [0.15, 0.2) is 21.6 Å². The number of aliphatic imine (C=N–C) groups is 1. The number of thioether (sulfide) groups is 1. The van der Waals surface area contributed by atoms with E-state index >= 15 is 0 Å². The van der Waals surface area contributed by atoms with E-state index < -0.39 is 25.6 Å². The third-order valence-corrected chi connectivity index (χ3v) is 7.16. The van der Waals surface area contributed by atoms with Crippen LogP contribution in [0, 0.1) is 10.1 Å². The lowest BCUT2D eigenvalue weighted by atomic mass is 10.2. The summed E-state index contributed by atoms with van der Waals surface area (Å²) in [5, 5.41) is 14.3. The zero-order valence-electron chi connectivity index (χ0n) is 19.4. The van der Waals surface area contributed by atoms with E-state index in [4.69, 9.17) is 13.7 Å². The Hall–Kier alpha value is -4.36. The summed E-state index contributed by atoms with van der Waals surface area (Å²) < 4.78 is 41.0. The van der Waals surface area contributed by atoms with Crippen molar-refractivity contribution in [2.24, 2.45) is 4.99 Å². The van der Waals surface area contributed by atoms with Gasteiger partial charge in [0, 0.05) is 6.07 Å². The molecular weight excluding hydrogens is 522 g/mol. The second kappa shape index (κ2) is 10.7. The van der Waals surface area contributed by atoms with E-state index in [0.29, 0.717) is 27.1 Å². The van der Waals surface area contributed by atoms with Crippen molar-refractivity contribution < 1.29 is 31.8 Å². The summed E-state index contributed by atoms with van der Waals surface area (Å²) in [6, 6.07) is 16.2. The number of amides is 1. The number of carbonyl (C=O) groups excluding carboxylic acids is 1. The number of para-hydroxylation sites is 1. The Bertz CT molecular complexity index is 1530. The number of amidine groups is 1. The Morgan fingerprint density at radius 2 is 1.73 bits per heavy atom. The molecule has 0 atom stereocenters. The molecular formula is C24H19N3O8S2. The van der Waals surface area contributed by atoms with Gasteiger partial charge in [-0.15, -0.1) is 0 Å². The molecule has 0 spiro atoms. The van der Waals surface area contributed by atoms with Crippen LogP contribution < -0.4 is 19.0 Å². The maximum absolute atomic E-state index is 12.8. The Kier molecular flexibility index (Phi) is 7.45. The molecule has 1 heterocycles. The van der Waals surface area contributed by atoms with Crippen LogP contribution >= 0.6 is 11.8 Å². The van der Waals surface area contributed by atoms with E-state index in [9.17, 15) is 23.3 Å². The number of rotatable bonds is 8. The summed E-state index contributed by atoms with van der Waals surface area (Å²) >= 11 is 1.14. The fourth-order valence-corrected chi connectivity index (χ4v) is 5.18. The van der Waals surface area contributed by atoms with Crippen molar-refractivity contribution in [3.63, 3.8) is 0 Å². The number of nitrogens with one attached hydrogen (secondary N) is 1. The van der Waals surface area contributed by atoms with Crippen molar-refractivity contribution in [1.82, 2.24) is 5.32 Å². The number of ether oxygens (including phenoxy) is 2. The molecule has 1 aliphatic rings. The largest absolute Gasteiger partial charge is 0.497 e. The molecule has 3 aromatic carbocycles. The van der Waals surface area contributed by atoms with Crippen LogP contribution in [0.3, 0.4) is 0 Å². The first-order valence-electron chi connectivity index (χ1n) is 10.5. The van der Waals surface area contributed by atoms with Gasteiger partial charge in [-0.2, -0.15) is 8.42 Å². The normalized spacial score (nSPS) is 15.5. The number of carbonyl (C=O) groups is 1. The molecule has 13 heteroatoms. The van der Waals surface area contributed by atoms with E-state index in [1.807, 2.05) is 0 Å². The monoisotopic (exact) mass is 541 g/mol. The lowest BCUT2D eigenvalue weighted by molar-refractivity contribution is -0.387. The van der Waals surface area contributed by atoms with Gasteiger partial charge in [0.05, 0.1) is 29.7 Å². The molecule has 4 rings (SSSR count). The van der Waals surface area contributed by atoms with Crippen LogP contribution in [0.5, 0.6) is 17.2 Å². The van der Waals surface area contributed by atoms with Crippen molar-refractivity contribution in [3.8, 4) is 17.2 Å². The van der Waals surface area contributed by atoms with Gasteiger partial charge >= 0.3 is 10.1 Å². The standard InChI is InChI=1S/C24H19N3O8S2/c1-33-17-10-8-16(9-11-17)25-24-26-23(28)21(36-24)14-15-7-12-19(20(13-15)34-2)35-37(31,32)22-6-4-3-5-18(22)27(29)30/h3-14H,1-2H3,(H,25,26,28)/b21-14-. The minimum absolute atomic E-state index is 0.0482. The van der Waals surface area contributed by atoms with Gasteiger partial charge < -0.3 is 19.0 Å². The molecule has 0 aliphatic carbocycles. The predicted octanol–water partition coefficient (Wildman–Crippen LogP) is 4.27. The second-order valence-electron chi connectivity index (χ2n) is 7.35. The molecule has 1 fully saturated rings. The van der Waals surface area contributed by atoms with E-state index in [1.165, 1.54) is 37.4 Å². The maximum Gasteiger partial charge on any atom is 0.346 e. The van der Waals surface area contributed by atoms with E-state index in [2.05, 4.69) is 10.3 Å². The average molecular weight is 542 g/mol. The number of methoxy groups -OCH3 is 2. The average Bonchev–Trinajstić information content (AvgIpc) is 3.23. The van der Waals surface area contributed by atoms with Crippen molar-refractivity contribution >= 4 is 50.4 Å². The molecule has 37 heavy (non-hydrogen) atoms. The Labute approximate surface area is 216 Å². The highest BCUT2D eigenvalue weighted by molar-refractivity contribution is 8.18. The van der Waals surface area contributed by atoms with Crippen LogP contribution in [0.2, 0.25) is 0 Å². The van der Waals surface area contributed by atoms with Crippen LogP contribution in [0.15, 0.2) is 81.5 Å². The van der Waals surface area contributed by atoms with Gasteiger partial charge in [0.2, 0.25) is 0 Å². The van der Waals surface area contributed by atoms with Crippen molar-refractivity contribution in [2.45, 2.75) is 4.90 Å². The zero-order valence-corrected chi connectivity index (χ0v) is 21.0. The third-order valence-electron chi connectivity index (χ3n) is 4.97. The van der Waals surface area contributed by atoms with Crippen LogP contribution in [0.25, 0.3) is 6.08 Å². The first-order chi connectivity index (χ1) is 17.7. The number of nitro benzene ring substituents is 1. The second-order valence-corrected chi connectivity index (χ2v) is 9.90. The number of hydrogen-bond donors (Lipinski definition) is 1. The fourth-order valence-electron chi connectivity index (χ4n) is 3.23. The summed E-state index contributed by atoms with van der Waals surface area (Å²) in [4.78, 5) is 27.0. The first-order valence-corrected chi connectivity index (χ1v) is 12.7. The molecule has 0 saturated carbocycles. The van der Waals surface area contributed by atoms with Crippen LogP contribution in [0.1, 0.15) is 5.56 Å². The van der Waals surface area contributed by atoms with Crippen molar-refractivity contribution in [3.05, 3.63) is 87.3 Å². The summed E-state index contributed by atoms with van der Waals surface area (Å²) in [6.45, 7) is 0. The molecule has 0 aromatic heterocycles. The van der Waals surface area contributed by atoms with Crippen LogP contribution in [0.4, 0.5) is 11.4 Å². The lowest BCUT2D eigenvalue weighted by Gasteiger charge is -2.11. The summed E-state index contributed by atoms with van der Waals surface area (Å²) in [7, 11) is -1.66. The molecule has 0 unspecified atom stereocenters. The molecule has 190 valence electrons. The highest BCUT2D eigenvalue weighted by Gasteiger charge is 2.28. The summed E-state index contributed by atoms with van der Waals surface area (Å²) in [5.74, 6) is 0.208. The SMILES string of the molecule is COc1ccc(N=C2NC(=O)/C(=C/c3ccc(OS(=O)(=O)c4ccccc4[N+](=O)[O-])c(OC)c3)S2)cc1. The summed E-state index contributed by atoms with van der Waals surface area (Å²) in [6.07, 6.45) is 1.58. The highest BCUT2D eigenvalue weighted by Crippen LogP contribution is 2.35. The number of nitrogens with zero attached hydrogens (tertiary/aromatic N) is 2. The molecule has 1 saturated heterocycles. The zero-order chi connectivity index (χ0) is 26.6. The predicted molar refractivity (Wildman–Crippen MR) is 138 cm³/mol. The van der Waals surface area contributed by atoms with E-state index in [1.54, 1.807) is 37.5 Å². The van der Waals surface area contributed by atoms with Gasteiger partial charge in [-0.1, -0.05) is 18.2 Å². The Morgan fingerprint density at radius 3 is 2.41 bits per heavy atom. The highest BCUT2D eigenvalue weighted by atomic mass is 32.2. The smallest absolute Gasteiger partial charge is 0.346 e. The first kappa shape index (κ1) is 25.7. The summed E-state index contributed by atoms with van der Waals surface area (Å²) in [5.41, 5.74) is 0.544. The quantitative estimate of drug-likeness (QED) is 0.191. The van der Waals surface area contributed by atoms with Crippen LogP contribution in [-0.2, 0) is 14.9 Å². The number of nitro groups is 1. The van der Waals surface area contributed by atoms with Gasteiger partial charge in [-0.05, 0) is 65.9 Å². The minimum Gasteiger partial charge on any atom is -0.497 e. The molecule has 11 nitrogen and oxygen atoms in total. The fraction of sp³-hybridized carbons (Fsp3) is 0.0833. The van der Waals surface area contributed by atoms with Crippen molar-refractivity contribution in [1.29, 1.82) is 0 Å². The van der Waals surface area contributed by atoms with Gasteiger partial charge in [-0.25, -0.2) is 4.99 Å². The number of hydrogen-bond acceptors (Lipinski definition) is 10. The Balaban J connectivity index is 1.56.